The van der Waals surface area contributed by atoms with Gasteiger partial charge in [-0.05, 0) is 24.6 Å². The Morgan fingerprint density at radius 3 is 2.33 bits per heavy atom. The SMILES string of the molecule is Cc1c(Nc2cc(C(F)(F)F)nc(NCC(=O)O)n2)cccc1C(F)(F)F. The molecular weight excluding hydrogens is 382 g/mol. The zero-order chi connectivity index (χ0) is 20.4. The molecule has 0 bridgehead atoms. The molecule has 27 heavy (non-hydrogen) atoms. The predicted octanol–water partition coefficient (Wildman–Crippen LogP) is 4.06. The van der Waals surface area contributed by atoms with Crippen LogP contribution in [0.3, 0.4) is 0 Å². The molecule has 6 nitrogen and oxygen atoms in total. The Morgan fingerprint density at radius 2 is 1.78 bits per heavy atom. The Balaban J connectivity index is 2.43. The van der Waals surface area contributed by atoms with Crippen molar-refractivity contribution in [3.05, 3.63) is 41.1 Å². The first-order chi connectivity index (χ1) is 12.4. The summed E-state index contributed by atoms with van der Waals surface area (Å²) in [7, 11) is 0. The van der Waals surface area contributed by atoms with Gasteiger partial charge in [0, 0.05) is 11.8 Å². The second kappa shape index (κ2) is 7.29. The van der Waals surface area contributed by atoms with E-state index in [1.807, 2.05) is 0 Å². The van der Waals surface area contributed by atoms with Crippen molar-refractivity contribution in [3.63, 3.8) is 0 Å². The molecular formula is C15H12F6N4O2. The van der Waals surface area contributed by atoms with Crippen LogP contribution in [0.25, 0.3) is 0 Å². The molecule has 1 aromatic carbocycles. The minimum Gasteiger partial charge on any atom is -0.480 e. The van der Waals surface area contributed by atoms with E-state index in [1.54, 1.807) is 0 Å². The molecule has 0 spiro atoms. The number of carboxylic acid groups (broad SMARTS) is 1. The topological polar surface area (TPSA) is 87.1 Å². The Bertz CT molecular complexity index is 851. The maximum atomic E-state index is 13.0. The number of hydrogen-bond donors (Lipinski definition) is 3. The summed E-state index contributed by atoms with van der Waals surface area (Å²) in [6.45, 7) is 0.407. The molecule has 0 saturated heterocycles. The second-order valence-electron chi connectivity index (χ2n) is 5.31. The molecule has 146 valence electrons. The summed E-state index contributed by atoms with van der Waals surface area (Å²) >= 11 is 0. The fraction of sp³-hybridized carbons (Fsp3) is 0.267. The average Bonchev–Trinajstić information content (AvgIpc) is 2.53. The van der Waals surface area contributed by atoms with Gasteiger partial charge in [0.1, 0.15) is 12.4 Å². The Labute approximate surface area is 148 Å². The van der Waals surface area contributed by atoms with Crippen LogP contribution in [0.2, 0.25) is 0 Å². The van der Waals surface area contributed by atoms with Gasteiger partial charge in [0.25, 0.3) is 0 Å². The lowest BCUT2D eigenvalue weighted by molar-refractivity contribution is -0.141. The highest BCUT2D eigenvalue weighted by Gasteiger charge is 2.35. The van der Waals surface area contributed by atoms with Gasteiger partial charge in [-0.15, -0.1) is 0 Å². The third-order valence-electron chi connectivity index (χ3n) is 3.32. The van der Waals surface area contributed by atoms with E-state index in [2.05, 4.69) is 20.6 Å². The van der Waals surface area contributed by atoms with Crippen LogP contribution in [0, 0.1) is 6.92 Å². The summed E-state index contributed by atoms with van der Waals surface area (Å²) in [4.78, 5) is 17.4. The Hall–Kier alpha value is -3.05. The van der Waals surface area contributed by atoms with Crippen LogP contribution in [0.15, 0.2) is 24.3 Å². The molecule has 0 aliphatic carbocycles. The second-order valence-corrected chi connectivity index (χ2v) is 5.31. The number of alkyl halides is 6. The van der Waals surface area contributed by atoms with E-state index in [0.717, 1.165) is 19.1 Å². The van der Waals surface area contributed by atoms with Crippen LogP contribution < -0.4 is 10.6 Å². The maximum Gasteiger partial charge on any atom is 0.433 e. The molecule has 1 aromatic heterocycles. The number of aliphatic carboxylic acids is 1. The number of halogens is 6. The van der Waals surface area contributed by atoms with Crippen LogP contribution in [0.5, 0.6) is 0 Å². The summed E-state index contributed by atoms with van der Waals surface area (Å²) in [6, 6.07) is 3.67. The van der Waals surface area contributed by atoms with Gasteiger partial charge < -0.3 is 15.7 Å². The summed E-state index contributed by atoms with van der Waals surface area (Å²) in [5.41, 5.74) is -2.70. The molecule has 2 rings (SSSR count). The largest absolute Gasteiger partial charge is 0.480 e. The van der Waals surface area contributed by atoms with E-state index in [-0.39, 0.29) is 11.3 Å². The van der Waals surface area contributed by atoms with E-state index in [1.165, 1.54) is 6.07 Å². The molecule has 0 radical (unpaired) electrons. The third-order valence-corrected chi connectivity index (χ3v) is 3.32. The molecule has 0 fully saturated rings. The first-order valence-electron chi connectivity index (χ1n) is 7.23. The minimum atomic E-state index is -4.87. The van der Waals surface area contributed by atoms with Gasteiger partial charge >= 0.3 is 18.3 Å². The quantitative estimate of drug-likeness (QED) is 0.663. The smallest absolute Gasteiger partial charge is 0.433 e. The zero-order valence-electron chi connectivity index (χ0n) is 13.5. The number of rotatable bonds is 5. The molecule has 0 unspecified atom stereocenters. The summed E-state index contributed by atoms with van der Waals surface area (Å²) in [5, 5.41) is 13.1. The van der Waals surface area contributed by atoms with Crippen molar-refractivity contribution in [1.82, 2.24) is 9.97 Å². The van der Waals surface area contributed by atoms with Crippen LogP contribution >= 0.6 is 0 Å². The van der Waals surface area contributed by atoms with E-state index in [0.29, 0.717) is 6.07 Å². The number of benzene rings is 1. The van der Waals surface area contributed by atoms with Crippen molar-refractivity contribution in [3.8, 4) is 0 Å². The molecule has 12 heteroatoms. The van der Waals surface area contributed by atoms with Gasteiger partial charge in [-0.3, -0.25) is 4.79 Å². The first kappa shape index (κ1) is 20.3. The average molecular weight is 394 g/mol. The summed E-state index contributed by atoms with van der Waals surface area (Å²) < 4.78 is 77.8. The lowest BCUT2D eigenvalue weighted by atomic mass is 10.1. The Kier molecular flexibility index (Phi) is 5.47. The third kappa shape index (κ3) is 5.21. The monoisotopic (exact) mass is 394 g/mol. The molecule has 0 amide bonds. The van der Waals surface area contributed by atoms with Crippen molar-refractivity contribution < 1.29 is 36.2 Å². The molecule has 0 saturated carbocycles. The summed E-state index contributed by atoms with van der Waals surface area (Å²) in [6.07, 6.45) is -9.51. The minimum absolute atomic E-state index is 0.110. The van der Waals surface area contributed by atoms with Crippen LogP contribution in [0.1, 0.15) is 16.8 Å². The highest BCUT2D eigenvalue weighted by molar-refractivity contribution is 5.72. The van der Waals surface area contributed by atoms with Gasteiger partial charge in [-0.25, -0.2) is 4.98 Å². The Morgan fingerprint density at radius 1 is 1.11 bits per heavy atom. The van der Waals surface area contributed by atoms with Gasteiger partial charge in [-0.1, -0.05) is 6.07 Å². The number of aromatic nitrogens is 2. The number of carboxylic acids is 1. The molecule has 1 heterocycles. The van der Waals surface area contributed by atoms with Gasteiger partial charge in [0.05, 0.1) is 5.56 Å². The normalized spacial score (nSPS) is 12.0. The van der Waals surface area contributed by atoms with Gasteiger partial charge in [0.15, 0.2) is 5.69 Å². The van der Waals surface area contributed by atoms with Gasteiger partial charge in [0.2, 0.25) is 5.95 Å². The lowest BCUT2D eigenvalue weighted by Crippen LogP contribution is -2.17. The fourth-order valence-corrected chi connectivity index (χ4v) is 2.11. The molecule has 3 N–H and O–H groups in total. The highest BCUT2D eigenvalue weighted by atomic mass is 19.4. The molecule has 0 aliphatic rings. The number of nitrogens with one attached hydrogen (secondary N) is 2. The first-order valence-corrected chi connectivity index (χ1v) is 7.23. The number of carbonyl (C=O) groups is 1. The van der Waals surface area contributed by atoms with Crippen LogP contribution in [-0.4, -0.2) is 27.6 Å². The molecule has 0 aliphatic heterocycles. The zero-order valence-corrected chi connectivity index (χ0v) is 13.5. The van der Waals surface area contributed by atoms with Gasteiger partial charge in [-0.2, -0.15) is 31.3 Å². The van der Waals surface area contributed by atoms with Crippen LogP contribution in [0.4, 0.5) is 43.8 Å². The predicted molar refractivity (Wildman–Crippen MR) is 82.6 cm³/mol. The van der Waals surface area contributed by atoms with E-state index < -0.39 is 47.9 Å². The fourth-order valence-electron chi connectivity index (χ4n) is 2.11. The molecule has 0 atom stereocenters. The van der Waals surface area contributed by atoms with E-state index in [4.69, 9.17) is 5.11 Å². The van der Waals surface area contributed by atoms with E-state index in [9.17, 15) is 31.1 Å². The lowest BCUT2D eigenvalue weighted by Gasteiger charge is -2.16. The van der Waals surface area contributed by atoms with Crippen molar-refractivity contribution in [2.45, 2.75) is 19.3 Å². The van der Waals surface area contributed by atoms with Crippen molar-refractivity contribution in [2.75, 3.05) is 17.2 Å². The summed E-state index contributed by atoms with van der Waals surface area (Å²) in [5.74, 6) is -2.45. The number of hydrogen-bond acceptors (Lipinski definition) is 5. The maximum absolute atomic E-state index is 13.0. The van der Waals surface area contributed by atoms with Crippen molar-refractivity contribution in [1.29, 1.82) is 0 Å². The highest BCUT2D eigenvalue weighted by Crippen LogP contribution is 2.36. The van der Waals surface area contributed by atoms with Crippen LogP contribution in [-0.2, 0) is 17.1 Å². The van der Waals surface area contributed by atoms with Crippen molar-refractivity contribution in [2.24, 2.45) is 0 Å². The number of nitrogens with zero attached hydrogens (tertiary/aromatic N) is 2. The molecule has 2 aromatic rings. The van der Waals surface area contributed by atoms with Crippen molar-refractivity contribution >= 4 is 23.4 Å². The standard InChI is InChI=1S/C15H12F6N4O2/c1-7-8(14(16,17)18)3-2-4-9(7)23-11-5-10(15(19,20)21)24-13(25-11)22-6-12(26)27/h2-5H,6H2,1H3,(H,26,27)(H2,22,23,24,25). The van der Waals surface area contributed by atoms with E-state index >= 15 is 0 Å². The number of anilines is 3.